The van der Waals surface area contributed by atoms with Gasteiger partial charge in [0, 0.05) is 38.0 Å². The Balaban J connectivity index is 1.72. The molecule has 2 fully saturated rings. The molecule has 2 bridgehead atoms. The highest BCUT2D eigenvalue weighted by molar-refractivity contribution is 7.11. The molecule has 4 nitrogen and oxygen atoms in total. The van der Waals surface area contributed by atoms with Crippen LogP contribution in [0.15, 0.2) is 17.5 Å². The number of fused-ring (bicyclic) bond motifs is 2. The fraction of sp³-hybridized carbons (Fsp3) is 0.643. The van der Waals surface area contributed by atoms with E-state index in [0.29, 0.717) is 16.7 Å². The van der Waals surface area contributed by atoms with Gasteiger partial charge in [0.1, 0.15) is 11.0 Å². The minimum atomic E-state index is -0.149. The number of carbonyl (C=O) groups excluding carboxylic acids is 1. The molecule has 1 aromatic heterocycles. The summed E-state index contributed by atoms with van der Waals surface area (Å²) < 4.78 is 5.82. The Bertz CT molecular complexity index is 418. The Morgan fingerprint density at radius 3 is 2.26 bits per heavy atom. The molecule has 0 aliphatic carbocycles. The monoisotopic (exact) mass is 280 g/mol. The number of piperidine rings is 2. The first kappa shape index (κ1) is 13.1. The lowest BCUT2D eigenvalue weighted by molar-refractivity contribution is -0.0790. The largest absolute Gasteiger partial charge is 0.457 e. The van der Waals surface area contributed by atoms with Gasteiger partial charge in [0.25, 0.3) is 0 Å². The van der Waals surface area contributed by atoms with Crippen molar-refractivity contribution in [3.63, 3.8) is 0 Å². The molecule has 2 aliphatic heterocycles. The van der Waals surface area contributed by atoms with Gasteiger partial charge in [-0.2, -0.15) is 0 Å². The number of thiophene rings is 1. The van der Waals surface area contributed by atoms with Gasteiger partial charge in [0.2, 0.25) is 0 Å². The van der Waals surface area contributed by atoms with Crippen LogP contribution < -0.4 is 0 Å². The van der Waals surface area contributed by atoms with E-state index in [1.54, 1.807) is 0 Å². The molecule has 0 aromatic carbocycles. The minimum absolute atomic E-state index is 0.0852. The van der Waals surface area contributed by atoms with Crippen molar-refractivity contribution in [2.24, 2.45) is 11.8 Å². The number of esters is 1. The van der Waals surface area contributed by atoms with Crippen LogP contribution >= 0.6 is 11.3 Å². The van der Waals surface area contributed by atoms with Crippen LogP contribution in [0.2, 0.25) is 0 Å². The molecule has 0 saturated carbocycles. The van der Waals surface area contributed by atoms with Gasteiger partial charge in [-0.15, -0.1) is 11.3 Å². The lowest BCUT2D eigenvalue weighted by Gasteiger charge is -2.48. The zero-order valence-corrected chi connectivity index (χ0v) is 12.2. The first-order valence-corrected chi connectivity index (χ1v) is 7.63. The Hall–Kier alpha value is -0.910. The van der Waals surface area contributed by atoms with E-state index in [2.05, 4.69) is 23.9 Å². The molecule has 2 saturated heterocycles. The maximum Gasteiger partial charge on any atom is 0.348 e. The van der Waals surface area contributed by atoms with Gasteiger partial charge in [-0.3, -0.25) is 0 Å². The highest BCUT2D eigenvalue weighted by atomic mass is 32.1. The van der Waals surface area contributed by atoms with E-state index in [1.165, 1.54) is 11.3 Å². The maximum absolute atomic E-state index is 12.1. The second-order valence-electron chi connectivity index (χ2n) is 5.81. The Kier molecular flexibility index (Phi) is 3.60. The molecular formula is C14H20N2O2S. The fourth-order valence-electron chi connectivity index (χ4n) is 3.44. The van der Waals surface area contributed by atoms with Crippen LogP contribution in [0.5, 0.6) is 0 Å². The topological polar surface area (TPSA) is 32.8 Å². The van der Waals surface area contributed by atoms with E-state index in [4.69, 9.17) is 4.74 Å². The molecule has 0 N–H and O–H groups in total. The van der Waals surface area contributed by atoms with Crippen molar-refractivity contribution in [3.05, 3.63) is 22.4 Å². The van der Waals surface area contributed by atoms with Gasteiger partial charge in [-0.05, 0) is 25.5 Å². The van der Waals surface area contributed by atoms with Crippen molar-refractivity contribution >= 4 is 17.3 Å². The molecule has 0 spiro atoms. The van der Waals surface area contributed by atoms with Gasteiger partial charge in [0.15, 0.2) is 0 Å². The van der Waals surface area contributed by atoms with Crippen LogP contribution in [0.1, 0.15) is 9.67 Å². The number of rotatable bonds is 2. The molecule has 5 heteroatoms. The normalized spacial score (nSPS) is 32.2. The number of ether oxygens (including phenoxy) is 1. The quantitative estimate of drug-likeness (QED) is 0.767. The summed E-state index contributed by atoms with van der Waals surface area (Å²) in [6.45, 7) is 4.07. The molecule has 0 amide bonds. The Labute approximate surface area is 118 Å². The lowest BCUT2D eigenvalue weighted by Crippen LogP contribution is -2.59. The van der Waals surface area contributed by atoms with Crippen LogP contribution in [0.25, 0.3) is 0 Å². The Morgan fingerprint density at radius 1 is 1.21 bits per heavy atom. The van der Waals surface area contributed by atoms with E-state index >= 15 is 0 Å². The number of hydrogen-bond donors (Lipinski definition) is 0. The summed E-state index contributed by atoms with van der Waals surface area (Å²) in [6.07, 6.45) is 0.0852. The van der Waals surface area contributed by atoms with Gasteiger partial charge < -0.3 is 14.5 Å². The standard InChI is InChI=1S/C14H20N2O2S/c1-15-6-10-8-16(2)9-11(7-15)13(10)18-14(17)12-4-3-5-19-12/h3-5,10-11,13H,6-9H2,1-2H3. The summed E-state index contributed by atoms with van der Waals surface area (Å²) in [5.74, 6) is 0.724. The minimum Gasteiger partial charge on any atom is -0.457 e. The van der Waals surface area contributed by atoms with Crippen molar-refractivity contribution in [2.45, 2.75) is 6.10 Å². The van der Waals surface area contributed by atoms with E-state index in [-0.39, 0.29) is 12.1 Å². The molecule has 1 aromatic rings. The summed E-state index contributed by atoms with van der Waals surface area (Å²) >= 11 is 1.45. The molecule has 0 radical (unpaired) electrons. The molecule has 3 rings (SSSR count). The average Bonchev–Trinajstić information content (AvgIpc) is 2.84. The summed E-state index contributed by atoms with van der Waals surface area (Å²) in [5.41, 5.74) is 0. The van der Waals surface area contributed by atoms with Gasteiger partial charge in [-0.1, -0.05) is 6.07 Å². The van der Waals surface area contributed by atoms with Crippen molar-refractivity contribution in [2.75, 3.05) is 40.3 Å². The number of likely N-dealkylation sites (tertiary alicyclic amines) is 2. The first-order chi connectivity index (χ1) is 9.13. The maximum atomic E-state index is 12.1. The second kappa shape index (κ2) is 5.23. The van der Waals surface area contributed by atoms with Gasteiger partial charge in [-0.25, -0.2) is 4.79 Å². The number of hydrogen-bond acceptors (Lipinski definition) is 5. The van der Waals surface area contributed by atoms with E-state index in [0.717, 1.165) is 26.2 Å². The van der Waals surface area contributed by atoms with Crippen molar-refractivity contribution in [3.8, 4) is 0 Å². The third kappa shape index (κ3) is 2.68. The van der Waals surface area contributed by atoms with Crippen LogP contribution in [0.3, 0.4) is 0 Å². The van der Waals surface area contributed by atoms with E-state index in [9.17, 15) is 4.79 Å². The number of nitrogens with zero attached hydrogens (tertiary/aromatic N) is 2. The summed E-state index contributed by atoms with van der Waals surface area (Å²) in [6, 6.07) is 3.73. The number of carbonyl (C=O) groups is 1. The third-order valence-electron chi connectivity index (χ3n) is 4.08. The van der Waals surface area contributed by atoms with Crippen LogP contribution in [0, 0.1) is 11.8 Å². The average molecular weight is 280 g/mol. The van der Waals surface area contributed by atoms with Crippen molar-refractivity contribution in [1.82, 2.24) is 9.80 Å². The predicted molar refractivity (Wildman–Crippen MR) is 75.5 cm³/mol. The predicted octanol–water partition coefficient (Wildman–Crippen LogP) is 1.40. The van der Waals surface area contributed by atoms with Gasteiger partial charge in [0.05, 0.1) is 0 Å². The van der Waals surface area contributed by atoms with Crippen LogP contribution in [-0.4, -0.2) is 62.1 Å². The summed E-state index contributed by atoms with van der Waals surface area (Å²) in [4.78, 5) is 17.6. The zero-order valence-electron chi connectivity index (χ0n) is 11.4. The fourth-order valence-corrected chi connectivity index (χ4v) is 4.04. The van der Waals surface area contributed by atoms with Crippen LogP contribution in [-0.2, 0) is 4.74 Å². The zero-order chi connectivity index (χ0) is 13.4. The Morgan fingerprint density at radius 2 is 1.79 bits per heavy atom. The SMILES string of the molecule is CN1CC2CN(C)CC(C1)C2OC(=O)c1cccs1. The smallest absolute Gasteiger partial charge is 0.348 e. The molecular weight excluding hydrogens is 260 g/mol. The third-order valence-corrected chi connectivity index (χ3v) is 4.93. The molecule has 2 aliphatic rings. The van der Waals surface area contributed by atoms with Gasteiger partial charge >= 0.3 is 5.97 Å². The summed E-state index contributed by atoms with van der Waals surface area (Å²) in [5, 5.41) is 1.92. The molecule has 0 atom stereocenters. The lowest BCUT2D eigenvalue weighted by atomic mass is 9.82. The molecule has 3 heterocycles. The van der Waals surface area contributed by atoms with E-state index < -0.39 is 0 Å². The second-order valence-corrected chi connectivity index (χ2v) is 6.76. The first-order valence-electron chi connectivity index (χ1n) is 6.75. The van der Waals surface area contributed by atoms with E-state index in [1.807, 2.05) is 17.5 Å². The van der Waals surface area contributed by atoms with Crippen LogP contribution in [0.4, 0.5) is 0 Å². The summed E-state index contributed by atoms with van der Waals surface area (Å²) in [7, 11) is 4.31. The highest BCUT2D eigenvalue weighted by Gasteiger charge is 2.42. The molecule has 104 valence electrons. The molecule has 19 heavy (non-hydrogen) atoms. The van der Waals surface area contributed by atoms with Crippen molar-refractivity contribution in [1.29, 1.82) is 0 Å². The molecule has 0 unspecified atom stereocenters. The van der Waals surface area contributed by atoms with Crippen molar-refractivity contribution < 1.29 is 9.53 Å². The highest BCUT2D eigenvalue weighted by Crippen LogP contribution is 2.31.